The second-order valence-electron chi connectivity index (χ2n) is 3.15. The third-order valence-corrected chi connectivity index (χ3v) is 7.23. The van der Waals surface area contributed by atoms with E-state index in [1.165, 1.54) is 0 Å². The molecule has 19 heavy (non-hydrogen) atoms. The molecule has 0 aliphatic heterocycles. The van der Waals surface area contributed by atoms with Gasteiger partial charge >= 0.3 is 27.6 Å². The molecular formula is C7H15F4O6PSi. The molecule has 0 aromatic rings. The Morgan fingerprint density at radius 3 is 1.37 bits per heavy atom. The Morgan fingerprint density at radius 1 is 0.842 bits per heavy atom. The molecular weight excluding hydrogens is 315 g/mol. The van der Waals surface area contributed by atoms with E-state index in [-0.39, 0.29) is 0 Å². The second kappa shape index (κ2) is 6.16. The number of hydrogen-bond acceptors (Lipinski definition) is 6. The van der Waals surface area contributed by atoms with Gasteiger partial charge in [-0.2, -0.15) is 17.6 Å². The molecule has 0 aliphatic rings. The van der Waals surface area contributed by atoms with Gasteiger partial charge in [-0.1, -0.05) is 0 Å². The van der Waals surface area contributed by atoms with E-state index < -0.39 is 27.6 Å². The summed E-state index contributed by atoms with van der Waals surface area (Å²) in [6, 6.07) is 0. The highest BCUT2D eigenvalue weighted by molar-refractivity contribution is 7.55. The molecule has 6 nitrogen and oxygen atoms in total. The highest BCUT2D eigenvalue weighted by Gasteiger charge is 2.83. The van der Waals surface area contributed by atoms with E-state index in [0.29, 0.717) is 35.5 Å². The lowest BCUT2D eigenvalue weighted by atomic mass is 10.7. The maximum absolute atomic E-state index is 14.0. The Labute approximate surface area is 108 Å². The molecule has 0 fully saturated rings. The van der Waals surface area contributed by atoms with Gasteiger partial charge in [-0.3, -0.25) is 4.57 Å². The molecule has 0 radical (unpaired) electrons. The summed E-state index contributed by atoms with van der Waals surface area (Å²) >= 11 is 0. The maximum atomic E-state index is 14.0. The average molecular weight is 330 g/mol. The van der Waals surface area contributed by atoms with Gasteiger partial charge in [0.1, 0.15) is 0 Å². The minimum atomic E-state index is -5.43. The van der Waals surface area contributed by atoms with Gasteiger partial charge in [-0.05, 0) is 0 Å². The Hall–Kier alpha value is -0.0331. The SMILES string of the molecule is CO[Si](OC)(OC)C(F)(F)C(F)(F)P(=O)(OC)OC. The largest absolute Gasteiger partial charge is 0.582 e. The zero-order valence-corrected chi connectivity index (χ0v) is 12.8. The predicted molar refractivity (Wildman–Crippen MR) is 58.3 cm³/mol. The molecule has 0 saturated heterocycles. The normalized spacial score (nSPS) is 14.8. The predicted octanol–water partition coefficient (Wildman–Crippen LogP) is 2.12. The zero-order valence-electron chi connectivity index (χ0n) is 10.9. The lowest BCUT2D eigenvalue weighted by Crippen LogP contribution is -2.66. The van der Waals surface area contributed by atoms with E-state index in [2.05, 4.69) is 22.3 Å². The molecule has 0 spiro atoms. The quantitative estimate of drug-likeness (QED) is 0.386. The summed E-state index contributed by atoms with van der Waals surface area (Å²) in [4.78, 5) is 0. The fourth-order valence-corrected chi connectivity index (χ4v) is 4.71. The van der Waals surface area contributed by atoms with Crippen LogP contribution in [0.2, 0.25) is 0 Å². The lowest BCUT2D eigenvalue weighted by molar-refractivity contribution is -0.159. The lowest BCUT2D eigenvalue weighted by Gasteiger charge is -2.37. The van der Waals surface area contributed by atoms with Gasteiger partial charge in [0, 0.05) is 35.5 Å². The van der Waals surface area contributed by atoms with Crippen LogP contribution in [0.4, 0.5) is 17.6 Å². The van der Waals surface area contributed by atoms with Gasteiger partial charge in [-0.15, -0.1) is 0 Å². The van der Waals surface area contributed by atoms with E-state index >= 15 is 0 Å². The molecule has 0 rings (SSSR count). The standard InChI is InChI=1S/C7H15F4O6PSi/c1-13-18(12,14-2)6(8,9)7(10,11)19(15-3,16-4)17-5/h1-5H3. The summed E-state index contributed by atoms with van der Waals surface area (Å²) in [6.07, 6.45) is 0. The van der Waals surface area contributed by atoms with Gasteiger partial charge < -0.3 is 22.3 Å². The van der Waals surface area contributed by atoms with Gasteiger partial charge in [0.25, 0.3) is 0 Å². The van der Waals surface area contributed by atoms with Gasteiger partial charge in [0.15, 0.2) is 0 Å². The highest BCUT2D eigenvalue weighted by Crippen LogP contribution is 2.67. The van der Waals surface area contributed by atoms with Gasteiger partial charge in [-0.25, -0.2) is 0 Å². The fraction of sp³-hybridized carbons (Fsp3) is 1.00. The molecule has 0 aliphatic carbocycles. The van der Waals surface area contributed by atoms with Crippen LogP contribution < -0.4 is 0 Å². The van der Waals surface area contributed by atoms with Crippen molar-refractivity contribution in [3.05, 3.63) is 0 Å². The molecule has 0 N–H and O–H groups in total. The Morgan fingerprint density at radius 2 is 1.16 bits per heavy atom. The first-order valence-corrected chi connectivity index (χ1v) is 7.95. The van der Waals surface area contributed by atoms with Crippen molar-refractivity contribution >= 4 is 16.4 Å². The van der Waals surface area contributed by atoms with Crippen LogP contribution >= 0.6 is 7.60 Å². The Kier molecular flexibility index (Phi) is 6.15. The topological polar surface area (TPSA) is 63.2 Å². The van der Waals surface area contributed by atoms with Crippen LogP contribution in [-0.2, 0) is 26.9 Å². The summed E-state index contributed by atoms with van der Waals surface area (Å²) in [5.74, 6) is 0. The van der Waals surface area contributed by atoms with Crippen LogP contribution in [0, 0.1) is 0 Å². The molecule has 0 unspecified atom stereocenters. The van der Waals surface area contributed by atoms with E-state index in [1.54, 1.807) is 0 Å². The molecule has 0 aromatic heterocycles. The van der Waals surface area contributed by atoms with Crippen molar-refractivity contribution in [3.63, 3.8) is 0 Å². The van der Waals surface area contributed by atoms with Crippen molar-refractivity contribution in [2.24, 2.45) is 0 Å². The molecule has 0 amide bonds. The minimum absolute atomic E-state index is 0.559. The van der Waals surface area contributed by atoms with Crippen molar-refractivity contribution in [1.82, 2.24) is 0 Å². The Balaban J connectivity index is 5.93. The summed E-state index contributed by atoms with van der Waals surface area (Å²) in [6.45, 7) is 0. The van der Waals surface area contributed by atoms with Gasteiger partial charge in [0.2, 0.25) is 0 Å². The van der Waals surface area contributed by atoms with Gasteiger partial charge in [0.05, 0.1) is 0 Å². The van der Waals surface area contributed by atoms with Crippen LogP contribution in [0.25, 0.3) is 0 Å². The first-order chi connectivity index (χ1) is 8.55. The van der Waals surface area contributed by atoms with Crippen molar-refractivity contribution in [1.29, 1.82) is 0 Å². The maximum Gasteiger partial charge on any atom is 0.582 e. The van der Waals surface area contributed by atoms with Crippen molar-refractivity contribution in [3.8, 4) is 0 Å². The van der Waals surface area contributed by atoms with Crippen LogP contribution in [0.15, 0.2) is 0 Å². The average Bonchev–Trinajstić information content (AvgIpc) is 2.39. The first-order valence-electron chi connectivity index (χ1n) is 4.68. The van der Waals surface area contributed by atoms with Crippen molar-refractivity contribution in [2.75, 3.05) is 35.5 Å². The number of halogens is 4. The molecule has 0 bridgehead atoms. The number of rotatable bonds is 8. The fourth-order valence-electron chi connectivity index (χ4n) is 1.29. The van der Waals surface area contributed by atoms with E-state index in [4.69, 9.17) is 0 Å². The monoisotopic (exact) mass is 330 g/mol. The van der Waals surface area contributed by atoms with E-state index in [0.717, 1.165) is 0 Å². The van der Waals surface area contributed by atoms with E-state index in [1.807, 2.05) is 0 Å². The third kappa shape index (κ3) is 2.60. The molecule has 0 aromatic carbocycles. The van der Waals surface area contributed by atoms with Crippen molar-refractivity contribution in [2.45, 2.75) is 11.2 Å². The summed E-state index contributed by atoms with van der Waals surface area (Å²) in [5.41, 5.74) is -10.2. The summed E-state index contributed by atoms with van der Waals surface area (Å²) in [5, 5.41) is 0. The zero-order chi connectivity index (χ0) is 15.5. The Bertz CT molecular complexity index is 334. The molecule has 116 valence electrons. The third-order valence-electron chi connectivity index (χ3n) is 2.39. The molecule has 0 saturated carbocycles. The van der Waals surface area contributed by atoms with Crippen LogP contribution in [-0.4, -0.2) is 55.6 Å². The first kappa shape index (κ1) is 19.0. The van der Waals surface area contributed by atoms with Crippen LogP contribution in [0.1, 0.15) is 0 Å². The molecule has 0 atom stereocenters. The minimum Gasteiger partial charge on any atom is -0.373 e. The van der Waals surface area contributed by atoms with Crippen LogP contribution in [0.5, 0.6) is 0 Å². The number of hydrogen-bond donors (Lipinski definition) is 0. The summed E-state index contributed by atoms with van der Waals surface area (Å²) < 4.78 is 88.0. The second-order valence-corrected chi connectivity index (χ2v) is 8.40. The van der Waals surface area contributed by atoms with Crippen molar-refractivity contribution < 1.29 is 44.5 Å². The summed E-state index contributed by atoms with van der Waals surface area (Å²) in [7, 11) is -7.30. The van der Waals surface area contributed by atoms with Crippen LogP contribution in [0.3, 0.4) is 0 Å². The smallest absolute Gasteiger partial charge is 0.373 e. The molecule has 0 heterocycles. The van der Waals surface area contributed by atoms with E-state index in [9.17, 15) is 22.1 Å². The number of alkyl halides is 4. The molecule has 12 heteroatoms. The highest BCUT2D eigenvalue weighted by atomic mass is 31.2.